The number of anilines is 1. The molecule has 7 nitrogen and oxygen atoms in total. The number of nitrogens with zero attached hydrogens (tertiary/aromatic N) is 6. The molecular weight excluding hydrogens is 299 g/mol. The number of ether oxygens (including phenoxy) is 1. The average molecular weight is 314 g/mol. The molecule has 0 bridgehead atoms. The van der Waals surface area contributed by atoms with Crippen molar-refractivity contribution in [3.05, 3.63) is 47.8 Å². The molecule has 118 valence electrons. The van der Waals surface area contributed by atoms with Crippen LogP contribution in [0.2, 0.25) is 0 Å². The predicted molar refractivity (Wildman–Crippen MR) is 80.5 cm³/mol. The number of benzene rings is 1. The largest absolute Gasteiger partial charge is 0.367 e. The fourth-order valence-corrected chi connectivity index (χ4v) is 2.81. The molecule has 8 heteroatoms. The molecule has 2 unspecified atom stereocenters. The van der Waals surface area contributed by atoms with Gasteiger partial charge in [-0.1, -0.05) is 12.1 Å². The Hall–Kier alpha value is -2.61. The third-order valence-electron chi connectivity index (χ3n) is 3.88. The van der Waals surface area contributed by atoms with Crippen LogP contribution in [0, 0.1) is 5.82 Å². The fourth-order valence-electron chi connectivity index (χ4n) is 2.81. The van der Waals surface area contributed by atoms with Crippen molar-refractivity contribution in [3.63, 3.8) is 0 Å². The van der Waals surface area contributed by atoms with Crippen molar-refractivity contribution >= 4 is 11.5 Å². The van der Waals surface area contributed by atoms with Crippen molar-refractivity contribution < 1.29 is 9.13 Å². The maximum absolute atomic E-state index is 13.1. The highest BCUT2D eigenvalue weighted by molar-refractivity contribution is 5.45. The van der Waals surface area contributed by atoms with Gasteiger partial charge in [-0.2, -0.15) is 0 Å². The molecule has 1 fully saturated rings. The van der Waals surface area contributed by atoms with Crippen molar-refractivity contribution in [2.24, 2.45) is 0 Å². The summed E-state index contributed by atoms with van der Waals surface area (Å²) >= 11 is 0. The lowest BCUT2D eigenvalue weighted by atomic mass is 10.1. The summed E-state index contributed by atoms with van der Waals surface area (Å²) < 4.78 is 20.5. The molecular formula is C15H15FN6O. The summed E-state index contributed by atoms with van der Waals surface area (Å²) in [7, 11) is 0. The van der Waals surface area contributed by atoms with Gasteiger partial charge < -0.3 is 9.64 Å². The molecule has 1 saturated heterocycles. The maximum Gasteiger partial charge on any atom is 0.200 e. The molecule has 0 radical (unpaired) electrons. The number of tetrazole rings is 1. The Morgan fingerprint density at radius 2 is 1.96 bits per heavy atom. The van der Waals surface area contributed by atoms with E-state index in [1.165, 1.54) is 16.8 Å². The quantitative estimate of drug-likeness (QED) is 0.716. The number of morpholine rings is 1. The van der Waals surface area contributed by atoms with Gasteiger partial charge in [-0.25, -0.2) is 4.39 Å². The van der Waals surface area contributed by atoms with Crippen LogP contribution in [0.3, 0.4) is 0 Å². The molecule has 0 saturated carbocycles. The van der Waals surface area contributed by atoms with Crippen LogP contribution in [0.1, 0.15) is 18.6 Å². The second-order valence-electron chi connectivity index (χ2n) is 5.61. The Balaban J connectivity index is 1.62. The summed E-state index contributed by atoms with van der Waals surface area (Å²) in [4.78, 5) is 2.13. The van der Waals surface area contributed by atoms with E-state index < -0.39 is 0 Å². The van der Waals surface area contributed by atoms with Gasteiger partial charge >= 0.3 is 0 Å². The summed E-state index contributed by atoms with van der Waals surface area (Å²) in [6.45, 7) is 3.37. The Labute approximate surface area is 131 Å². The van der Waals surface area contributed by atoms with Gasteiger partial charge in [-0.3, -0.25) is 0 Å². The zero-order valence-corrected chi connectivity index (χ0v) is 12.5. The summed E-state index contributed by atoms with van der Waals surface area (Å²) in [6, 6.07) is 10.1. The van der Waals surface area contributed by atoms with Gasteiger partial charge in [0.2, 0.25) is 0 Å². The monoisotopic (exact) mass is 314 g/mol. The van der Waals surface area contributed by atoms with Crippen molar-refractivity contribution in [3.8, 4) is 0 Å². The maximum atomic E-state index is 13.1. The smallest absolute Gasteiger partial charge is 0.200 e. The number of hydrogen-bond donors (Lipinski definition) is 0. The third-order valence-corrected chi connectivity index (χ3v) is 3.88. The standard InChI is InChI=1S/C15H15FN6O/c1-10-8-21(15-7-6-14-17-19-20-22(14)18-15)9-13(23-10)11-2-4-12(16)5-3-11/h2-7,10,13H,8-9H2,1H3. The minimum absolute atomic E-state index is 0.0326. The van der Waals surface area contributed by atoms with Crippen LogP contribution in [0.15, 0.2) is 36.4 Å². The van der Waals surface area contributed by atoms with Gasteiger partial charge in [0.25, 0.3) is 0 Å². The summed E-state index contributed by atoms with van der Waals surface area (Å²) in [5.41, 5.74) is 1.55. The lowest BCUT2D eigenvalue weighted by Gasteiger charge is -2.37. The summed E-state index contributed by atoms with van der Waals surface area (Å²) in [5.74, 6) is 0.535. The topological polar surface area (TPSA) is 68.4 Å². The minimum Gasteiger partial charge on any atom is -0.367 e. The van der Waals surface area contributed by atoms with E-state index in [-0.39, 0.29) is 18.0 Å². The summed E-state index contributed by atoms with van der Waals surface area (Å²) in [6.07, 6.45) is -0.101. The Morgan fingerprint density at radius 3 is 2.78 bits per heavy atom. The van der Waals surface area contributed by atoms with Gasteiger partial charge in [0, 0.05) is 13.1 Å². The van der Waals surface area contributed by atoms with E-state index in [0.717, 1.165) is 17.9 Å². The zero-order valence-electron chi connectivity index (χ0n) is 12.5. The van der Waals surface area contributed by atoms with Crippen LogP contribution in [0.4, 0.5) is 10.2 Å². The normalized spacial score (nSPS) is 21.7. The summed E-state index contributed by atoms with van der Waals surface area (Å²) in [5, 5.41) is 15.7. The molecule has 4 rings (SSSR count). The van der Waals surface area contributed by atoms with E-state index in [9.17, 15) is 4.39 Å². The molecule has 2 aromatic heterocycles. The van der Waals surface area contributed by atoms with Gasteiger partial charge in [-0.05, 0) is 47.2 Å². The van der Waals surface area contributed by atoms with Crippen LogP contribution >= 0.6 is 0 Å². The second kappa shape index (κ2) is 5.54. The highest BCUT2D eigenvalue weighted by Gasteiger charge is 2.27. The molecule has 0 N–H and O–H groups in total. The molecule has 0 aliphatic carbocycles. The van der Waals surface area contributed by atoms with E-state index >= 15 is 0 Å². The van der Waals surface area contributed by atoms with Crippen molar-refractivity contribution in [2.45, 2.75) is 19.1 Å². The third kappa shape index (κ3) is 2.72. The molecule has 3 heterocycles. The molecule has 1 aliphatic rings. The second-order valence-corrected chi connectivity index (χ2v) is 5.61. The molecule has 0 amide bonds. The first-order valence-electron chi connectivity index (χ1n) is 7.40. The Morgan fingerprint density at radius 1 is 1.13 bits per heavy atom. The number of halogens is 1. The van der Waals surface area contributed by atoms with Crippen molar-refractivity contribution in [1.29, 1.82) is 0 Å². The number of aromatic nitrogens is 5. The predicted octanol–water partition coefficient (Wildman–Crippen LogP) is 1.62. The van der Waals surface area contributed by atoms with E-state index in [2.05, 4.69) is 25.5 Å². The van der Waals surface area contributed by atoms with E-state index in [1.54, 1.807) is 12.1 Å². The highest BCUT2D eigenvalue weighted by Crippen LogP contribution is 2.27. The lowest BCUT2D eigenvalue weighted by molar-refractivity contribution is -0.0177. The molecule has 1 aliphatic heterocycles. The zero-order chi connectivity index (χ0) is 15.8. The van der Waals surface area contributed by atoms with Crippen LogP contribution in [0.5, 0.6) is 0 Å². The highest BCUT2D eigenvalue weighted by atomic mass is 19.1. The average Bonchev–Trinajstić information content (AvgIpc) is 3.02. The first-order chi connectivity index (χ1) is 11.2. The van der Waals surface area contributed by atoms with Gasteiger partial charge in [-0.15, -0.1) is 14.8 Å². The van der Waals surface area contributed by atoms with E-state index in [4.69, 9.17) is 4.74 Å². The van der Waals surface area contributed by atoms with Crippen LogP contribution < -0.4 is 4.90 Å². The molecule has 3 aromatic rings. The van der Waals surface area contributed by atoms with E-state index in [0.29, 0.717) is 12.2 Å². The minimum atomic E-state index is -0.250. The number of rotatable bonds is 2. The molecule has 0 spiro atoms. The molecule has 23 heavy (non-hydrogen) atoms. The first kappa shape index (κ1) is 14.0. The first-order valence-corrected chi connectivity index (χ1v) is 7.40. The van der Waals surface area contributed by atoms with Crippen molar-refractivity contribution in [1.82, 2.24) is 25.3 Å². The van der Waals surface area contributed by atoms with Gasteiger partial charge in [0.1, 0.15) is 11.9 Å². The Kier molecular flexibility index (Phi) is 3.38. The lowest BCUT2D eigenvalue weighted by Crippen LogP contribution is -2.43. The van der Waals surface area contributed by atoms with Gasteiger partial charge in [0.05, 0.1) is 6.10 Å². The molecule has 2 atom stereocenters. The number of hydrogen-bond acceptors (Lipinski definition) is 6. The van der Waals surface area contributed by atoms with Crippen LogP contribution in [-0.2, 0) is 4.74 Å². The Bertz CT molecular complexity index is 820. The van der Waals surface area contributed by atoms with Crippen molar-refractivity contribution in [2.75, 3.05) is 18.0 Å². The van der Waals surface area contributed by atoms with Crippen LogP contribution in [0.25, 0.3) is 5.65 Å². The van der Waals surface area contributed by atoms with Gasteiger partial charge in [0.15, 0.2) is 11.5 Å². The SMILES string of the molecule is CC1CN(c2ccc3nnnn3n2)CC(c2ccc(F)cc2)O1. The molecule has 1 aromatic carbocycles. The van der Waals surface area contributed by atoms with Crippen LogP contribution in [-0.4, -0.2) is 44.4 Å². The fraction of sp³-hybridized carbons (Fsp3) is 0.333. The number of fused-ring (bicyclic) bond motifs is 1. The van der Waals surface area contributed by atoms with E-state index in [1.807, 2.05) is 19.1 Å².